The SMILES string of the molecule is Nc1cccc(Cl)c1-c1nnnn1CC1CCCCC1. The van der Waals surface area contributed by atoms with Crippen LogP contribution in [-0.4, -0.2) is 20.2 Å². The Labute approximate surface area is 123 Å². The summed E-state index contributed by atoms with van der Waals surface area (Å²) in [7, 11) is 0. The molecule has 5 nitrogen and oxygen atoms in total. The Morgan fingerprint density at radius 2 is 2.05 bits per heavy atom. The van der Waals surface area contributed by atoms with Gasteiger partial charge in [-0.25, -0.2) is 4.68 Å². The molecule has 0 bridgehead atoms. The minimum atomic E-state index is 0.588. The van der Waals surface area contributed by atoms with E-state index in [1.807, 2.05) is 22.9 Å². The lowest BCUT2D eigenvalue weighted by Crippen LogP contribution is -2.16. The van der Waals surface area contributed by atoms with Crippen molar-refractivity contribution in [3.63, 3.8) is 0 Å². The van der Waals surface area contributed by atoms with Crippen LogP contribution in [0.5, 0.6) is 0 Å². The highest BCUT2D eigenvalue weighted by Gasteiger charge is 2.20. The Balaban J connectivity index is 1.89. The van der Waals surface area contributed by atoms with E-state index in [-0.39, 0.29) is 0 Å². The topological polar surface area (TPSA) is 69.6 Å². The van der Waals surface area contributed by atoms with E-state index in [9.17, 15) is 0 Å². The summed E-state index contributed by atoms with van der Waals surface area (Å²) < 4.78 is 1.84. The number of hydrogen-bond donors (Lipinski definition) is 1. The summed E-state index contributed by atoms with van der Waals surface area (Å²) in [5, 5.41) is 12.6. The third-order valence-electron chi connectivity index (χ3n) is 3.96. The van der Waals surface area contributed by atoms with Gasteiger partial charge in [0, 0.05) is 12.2 Å². The van der Waals surface area contributed by atoms with E-state index in [0.717, 1.165) is 12.1 Å². The minimum absolute atomic E-state index is 0.588. The van der Waals surface area contributed by atoms with Gasteiger partial charge >= 0.3 is 0 Å². The van der Waals surface area contributed by atoms with Crippen LogP contribution in [0.2, 0.25) is 5.02 Å². The van der Waals surface area contributed by atoms with Gasteiger partial charge in [0.1, 0.15) is 0 Å². The molecule has 0 spiro atoms. The number of rotatable bonds is 3. The lowest BCUT2D eigenvalue weighted by atomic mass is 9.89. The molecular formula is C14H18ClN5. The molecule has 2 aromatic rings. The second kappa shape index (κ2) is 5.79. The van der Waals surface area contributed by atoms with Crippen molar-refractivity contribution in [2.24, 2.45) is 5.92 Å². The van der Waals surface area contributed by atoms with Crippen molar-refractivity contribution in [2.75, 3.05) is 5.73 Å². The minimum Gasteiger partial charge on any atom is -0.398 e. The molecular weight excluding hydrogens is 274 g/mol. The van der Waals surface area contributed by atoms with Crippen molar-refractivity contribution in [3.05, 3.63) is 23.2 Å². The molecule has 1 aromatic heterocycles. The van der Waals surface area contributed by atoms with Crippen LogP contribution in [0.3, 0.4) is 0 Å². The molecule has 106 valence electrons. The fourth-order valence-electron chi connectivity index (χ4n) is 2.90. The summed E-state index contributed by atoms with van der Waals surface area (Å²) in [5.74, 6) is 1.31. The van der Waals surface area contributed by atoms with Crippen LogP contribution in [0.1, 0.15) is 32.1 Å². The van der Waals surface area contributed by atoms with Gasteiger partial charge in [0.2, 0.25) is 0 Å². The number of anilines is 1. The third-order valence-corrected chi connectivity index (χ3v) is 4.27. The van der Waals surface area contributed by atoms with Crippen molar-refractivity contribution in [3.8, 4) is 11.4 Å². The average molecular weight is 292 g/mol. The van der Waals surface area contributed by atoms with E-state index in [0.29, 0.717) is 22.5 Å². The molecule has 3 rings (SSSR count). The summed E-state index contributed by atoms with van der Waals surface area (Å²) >= 11 is 6.25. The summed E-state index contributed by atoms with van der Waals surface area (Å²) in [6.45, 7) is 0.840. The zero-order chi connectivity index (χ0) is 13.9. The molecule has 0 radical (unpaired) electrons. The van der Waals surface area contributed by atoms with Gasteiger partial charge in [-0.15, -0.1) is 5.10 Å². The summed E-state index contributed by atoms with van der Waals surface area (Å²) in [5.41, 5.74) is 7.36. The van der Waals surface area contributed by atoms with Gasteiger partial charge < -0.3 is 5.73 Å². The molecule has 0 atom stereocenters. The Kier molecular flexibility index (Phi) is 3.87. The molecule has 6 heteroatoms. The maximum absolute atomic E-state index is 6.25. The molecule has 1 aliphatic carbocycles. The van der Waals surface area contributed by atoms with E-state index in [1.165, 1.54) is 32.1 Å². The number of nitrogens with two attached hydrogens (primary N) is 1. The molecule has 0 amide bonds. The van der Waals surface area contributed by atoms with Crippen molar-refractivity contribution in [1.29, 1.82) is 0 Å². The zero-order valence-electron chi connectivity index (χ0n) is 11.3. The Hall–Kier alpha value is -1.62. The quantitative estimate of drug-likeness (QED) is 0.882. The van der Waals surface area contributed by atoms with Gasteiger partial charge in [0.05, 0.1) is 10.6 Å². The average Bonchev–Trinajstić information content (AvgIpc) is 2.88. The molecule has 1 saturated carbocycles. The molecule has 1 heterocycles. The van der Waals surface area contributed by atoms with E-state index in [2.05, 4.69) is 15.5 Å². The van der Waals surface area contributed by atoms with Crippen LogP contribution in [0, 0.1) is 5.92 Å². The van der Waals surface area contributed by atoms with Crippen molar-refractivity contribution in [2.45, 2.75) is 38.6 Å². The number of tetrazole rings is 1. The largest absolute Gasteiger partial charge is 0.398 e. The smallest absolute Gasteiger partial charge is 0.185 e. The molecule has 2 N–H and O–H groups in total. The molecule has 0 saturated heterocycles. The molecule has 0 aliphatic heterocycles. The molecule has 1 aliphatic rings. The van der Waals surface area contributed by atoms with Crippen LogP contribution >= 0.6 is 11.6 Å². The lowest BCUT2D eigenvalue weighted by Gasteiger charge is -2.21. The van der Waals surface area contributed by atoms with Crippen LogP contribution in [0.25, 0.3) is 11.4 Å². The van der Waals surface area contributed by atoms with Gasteiger partial charge in [0.25, 0.3) is 0 Å². The first-order chi connectivity index (χ1) is 9.75. The van der Waals surface area contributed by atoms with Crippen molar-refractivity contribution >= 4 is 17.3 Å². The normalized spacial score (nSPS) is 16.4. The van der Waals surface area contributed by atoms with Crippen LogP contribution in [-0.2, 0) is 6.54 Å². The number of aromatic nitrogens is 4. The highest BCUT2D eigenvalue weighted by molar-refractivity contribution is 6.33. The summed E-state index contributed by atoms with van der Waals surface area (Å²) in [4.78, 5) is 0. The second-order valence-corrected chi connectivity index (χ2v) is 5.80. The van der Waals surface area contributed by atoms with E-state index < -0.39 is 0 Å². The number of nitrogen functional groups attached to an aromatic ring is 1. The first-order valence-electron chi connectivity index (χ1n) is 7.06. The van der Waals surface area contributed by atoms with E-state index >= 15 is 0 Å². The van der Waals surface area contributed by atoms with Gasteiger partial charge in [-0.2, -0.15) is 0 Å². The maximum Gasteiger partial charge on any atom is 0.185 e. The van der Waals surface area contributed by atoms with E-state index in [4.69, 9.17) is 17.3 Å². The number of halogens is 1. The highest BCUT2D eigenvalue weighted by Crippen LogP contribution is 2.32. The Morgan fingerprint density at radius 1 is 1.25 bits per heavy atom. The highest BCUT2D eigenvalue weighted by atomic mass is 35.5. The van der Waals surface area contributed by atoms with Crippen molar-refractivity contribution in [1.82, 2.24) is 20.2 Å². The first kappa shape index (κ1) is 13.4. The number of nitrogens with zero attached hydrogens (tertiary/aromatic N) is 4. The lowest BCUT2D eigenvalue weighted by molar-refractivity contribution is 0.307. The summed E-state index contributed by atoms with van der Waals surface area (Å²) in [6.07, 6.45) is 6.44. The van der Waals surface area contributed by atoms with Crippen LogP contribution < -0.4 is 5.73 Å². The number of benzene rings is 1. The zero-order valence-corrected chi connectivity index (χ0v) is 12.1. The molecule has 1 aromatic carbocycles. The van der Waals surface area contributed by atoms with Gasteiger partial charge in [0.15, 0.2) is 5.82 Å². The van der Waals surface area contributed by atoms with Crippen molar-refractivity contribution < 1.29 is 0 Å². The maximum atomic E-state index is 6.25. The van der Waals surface area contributed by atoms with Crippen LogP contribution in [0.15, 0.2) is 18.2 Å². The Morgan fingerprint density at radius 3 is 2.80 bits per heavy atom. The Bertz CT molecular complexity index is 569. The molecule has 1 fully saturated rings. The van der Waals surface area contributed by atoms with Crippen LogP contribution in [0.4, 0.5) is 5.69 Å². The van der Waals surface area contributed by atoms with E-state index in [1.54, 1.807) is 0 Å². The molecule has 20 heavy (non-hydrogen) atoms. The summed E-state index contributed by atoms with van der Waals surface area (Å²) in [6, 6.07) is 5.46. The monoisotopic (exact) mass is 291 g/mol. The standard InChI is InChI=1S/C14H18ClN5/c15-11-7-4-8-12(16)13(11)14-17-18-19-20(14)9-10-5-2-1-3-6-10/h4,7-8,10H,1-3,5-6,9,16H2. The fourth-order valence-corrected chi connectivity index (χ4v) is 3.16. The molecule has 0 unspecified atom stereocenters. The third kappa shape index (κ3) is 2.63. The predicted molar refractivity (Wildman–Crippen MR) is 79.3 cm³/mol. The van der Waals surface area contributed by atoms with Gasteiger partial charge in [-0.1, -0.05) is 36.9 Å². The van der Waals surface area contributed by atoms with Gasteiger partial charge in [-0.3, -0.25) is 0 Å². The van der Waals surface area contributed by atoms with Gasteiger partial charge in [-0.05, 0) is 41.3 Å². The number of hydrogen-bond acceptors (Lipinski definition) is 4. The first-order valence-corrected chi connectivity index (χ1v) is 7.44. The fraction of sp³-hybridized carbons (Fsp3) is 0.500. The second-order valence-electron chi connectivity index (χ2n) is 5.39. The predicted octanol–water partition coefficient (Wildman–Crippen LogP) is 3.16.